The van der Waals surface area contributed by atoms with Crippen LogP contribution < -0.4 is 27.8 Å². The molecule has 1 unspecified atom stereocenters. The molecule has 0 aliphatic carbocycles. The van der Waals surface area contributed by atoms with E-state index < -0.39 is 0 Å². The van der Waals surface area contributed by atoms with Crippen molar-refractivity contribution in [3.63, 3.8) is 0 Å². The van der Waals surface area contributed by atoms with Gasteiger partial charge in [0, 0.05) is 19.1 Å². The molecular weight excluding hydrogens is 218 g/mol. The molecule has 1 atom stereocenters. The Labute approximate surface area is 103 Å². The number of nitrogens with one attached hydrogen (secondary N) is 4. The van der Waals surface area contributed by atoms with Gasteiger partial charge in [0.2, 0.25) is 0 Å². The zero-order valence-electron chi connectivity index (χ0n) is 10.3. The van der Waals surface area contributed by atoms with Gasteiger partial charge in [-0.1, -0.05) is 19.3 Å². The minimum atomic E-state index is -0.0221. The Hall–Kier alpha value is -1.50. The molecule has 0 bridgehead atoms. The largest absolute Gasteiger partial charge is 0.370 e. The molecule has 0 heterocycles. The van der Waals surface area contributed by atoms with Gasteiger partial charge in [0.15, 0.2) is 11.9 Å². The molecule has 0 aliphatic heterocycles. The van der Waals surface area contributed by atoms with Crippen LogP contribution in [0.3, 0.4) is 0 Å². The lowest BCUT2D eigenvalue weighted by atomic mass is 10.1. The monoisotopic (exact) mass is 243 g/mol. The minimum absolute atomic E-state index is 0.0221. The van der Waals surface area contributed by atoms with E-state index in [1.807, 2.05) is 0 Å². The third kappa shape index (κ3) is 10.8. The highest BCUT2D eigenvalue weighted by Crippen LogP contribution is 2.04. The second-order valence-electron chi connectivity index (χ2n) is 4.03. The molecule has 7 nitrogen and oxygen atoms in total. The van der Waals surface area contributed by atoms with E-state index in [0.717, 1.165) is 38.6 Å². The summed E-state index contributed by atoms with van der Waals surface area (Å²) in [6, 6.07) is 0.0999. The Morgan fingerprint density at radius 3 is 2.18 bits per heavy atom. The topological polar surface area (TPSA) is 150 Å². The molecule has 0 radical (unpaired) electrons. The fourth-order valence-corrected chi connectivity index (χ4v) is 1.56. The maximum atomic E-state index is 7.11. The van der Waals surface area contributed by atoms with Gasteiger partial charge in [0.25, 0.3) is 0 Å². The van der Waals surface area contributed by atoms with Crippen molar-refractivity contribution in [2.75, 3.05) is 13.1 Å². The van der Waals surface area contributed by atoms with Crippen molar-refractivity contribution in [3.05, 3.63) is 0 Å². The number of guanidine groups is 2. The van der Waals surface area contributed by atoms with Crippen LogP contribution in [-0.2, 0) is 0 Å². The minimum Gasteiger partial charge on any atom is -0.370 e. The average molecular weight is 243 g/mol. The SMILES string of the molecule is N=C(N)NCCCCCCC(CN)NC(=N)N. The third-order valence-electron chi connectivity index (χ3n) is 2.44. The molecule has 0 aliphatic rings. The quantitative estimate of drug-likeness (QED) is 0.161. The van der Waals surface area contributed by atoms with Crippen LogP contribution in [0.25, 0.3) is 0 Å². The molecule has 0 fully saturated rings. The normalized spacial score (nSPS) is 11.8. The molecule has 0 aromatic carbocycles. The van der Waals surface area contributed by atoms with Crippen LogP contribution in [0, 0.1) is 10.8 Å². The number of hydrogen-bond acceptors (Lipinski definition) is 3. The molecule has 0 aromatic heterocycles. The van der Waals surface area contributed by atoms with Gasteiger partial charge in [-0.3, -0.25) is 10.8 Å². The summed E-state index contributed by atoms with van der Waals surface area (Å²) >= 11 is 0. The molecule has 100 valence electrons. The van der Waals surface area contributed by atoms with Crippen molar-refractivity contribution in [1.82, 2.24) is 10.6 Å². The highest BCUT2D eigenvalue weighted by Gasteiger charge is 2.05. The fourth-order valence-electron chi connectivity index (χ4n) is 1.56. The van der Waals surface area contributed by atoms with E-state index in [-0.39, 0.29) is 18.0 Å². The van der Waals surface area contributed by atoms with Gasteiger partial charge >= 0.3 is 0 Å². The Balaban J connectivity index is 3.36. The lowest BCUT2D eigenvalue weighted by molar-refractivity contribution is 0.513. The van der Waals surface area contributed by atoms with Crippen LogP contribution >= 0.6 is 0 Å². The molecule has 10 N–H and O–H groups in total. The lowest BCUT2D eigenvalue weighted by Crippen LogP contribution is -2.43. The smallest absolute Gasteiger partial charge is 0.185 e. The predicted molar refractivity (Wildman–Crippen MR) is 70.9 cm³/mol. The van der Waals surface area contributed by atoms with Crippen molar-refractivity contribution in [2.24, 2.45) is 17.2 Å². The summed E-state index contributed by atoms with van der Waals surface area (Å²) in [6.07, 6.45) is 5.19. The van der Waals surface area contributed by atoms with Crippen molar-refractivity contribution < 1.29 is 0 Å². The van der Waals surface area contributed by atoms with Crippen LogP contribution in [0.2, 0.25) is 0 Å². The fraction of sp³-hybridized carbons (Fsp3) is 0.800. The Morgan fingerprint density at radius 1 is 1.00 bits per heavy atom. The molecule has 0 saturated carbocycles. The van der Waals surface area contributed by atoms with Crippen molar-refractivity contribution in [1.29, 1.82) is 10.8 Å². The third-order valence-corrected chi connectivity index (χ3v) is 2.44. The Morgan fingerprint density at radius 2 is 1.65 bits per heavy atom. The highest BCUT2D eigenvalue weighted by atomic mass is 15.1. The highest BCUT2D eigenvalue weighted by molar-refractivity contribution is 5.74. The first-order chi connectivity index (χ1) is 8.06. The molecular formula is C10H25N7. The summed E-state index contributed by atoms with van der Waals surface area (Å²) in [5.41, 5.74) is 16.0. The zero-order chi connectivity index (χ0) is 13.1. The average Bonchev–Trinajstić information content (AvgIpc) is 2.25. The van der Waals surface area contributed by atoms with E-state index in [4.69, 9.17) is 28.0 Å². The molecule has 7 heteroatoms. The van der Waals surface area contributed by atoms with E-state index in [1.165, 1.54) is 0 Å². The predicted octanol–water partition coefficient (Wildman–Crippen LogP) is -0.770. The van der Waals surface area contributed by atoms with Crippen molar-refractivity contribution >= 4 is 11.9 Å². The maximum Gasteiger partial charge on any atom is 0.185 e. The van der Waals surface area contributed by atoms with E-state index >= 15 is 0 Å². The summed E-state index contributed by atoms with van der Waals surface area (Å²) in [6.45, 7) is 1.24. The molecule has 17 heavy (non-hydrogen) atoms. The standard InChI is InChI=1S/C10H25N7/c11-7-8(17-10(14)15)5-3-1-2-4-6-16-9(12)13/h8H,1-7,11H2,(H4,12,13,16)(H4,14,15,17). The summed E-state index contributed by atoms with van der Waals surface area (Å²) in [7, 11) is 0. The van der Waals surface area contributed by atoms with E-state index in [9.17, 15) is 0 Å². The number of nitrogens with two attached hydrogens (primary N) is 3. The van der Waals surface area contributed by atoms with Gasteiger partial charge in [-0.2, -0.15) is 0 Å². The van der Waals surface area contributed by atoms with Crippen LogP contribution in [0.15, 0.2) is 0 Å². The number of rotatable bonds is 9. The summed E-state index contributed by atoms with van der Waals surface area (Å²) in [5.74, 6) is 0.00459. The molecule has 0 amide bonds. The van der Waals surface area contributed by atoms with E-state index in [2.05, 4.69) is 10.6 Å². The van der Waals surface area contributed by atoms with Crippen LogP contribution in [0.4, 0.5) is 0 Å². The summed E-state index contributed by atoms with van der Waals surface area (Å²) < 4.78 is 0. The van der Waals surface area contributed by atoms with Crippen LogP contribution in [0.1, 0.15) is 32.1 Å². The van der Waals surface area contributed by atoms with Gasteiger partial charge in [-0.05, 0) is 12.8 Å². The van der Waals surface area contributed by atoms with Crippen LogP contribution in [-0.4, -0.2) is 31.1 Å². The van der Waals surface area contributed by atoms with Crippen LogP contribution in [0.5, 0.6) is 0 Å². The zero-order valence-corrected chi connectivity index (χ0v) is 10.3. The lowest BCUT2D eigenvalue weighted by Gasteiger charge is -2.16. The second kappa shape index (κ2) is 9.71. The number of unbranched alkanes of at least 4 members (excludes halogenated alkanes) is 3. The van der Waals surface area contributed by atoms with E-state index in [0.29, 0.717) is 6.54 Å². The molecule has 0 rings (SSSR count). The van der Waals surface area contributed by atoms with E-state index in [1.54, 1.807) is 0 Å². The van der Waals surface area contributed by atoms with Crippen molar-refractivity contribution in [2.45, 2.75) is 38.1 Å². The summed E-state index contributed by atoms with van der Waals surface area (Å²) in [4.78, 5) is 0. The van der Waals surface area contributed by atoms with Gasteiger partial charge in [0.05, 0.1) is 0 Å². The summed E-state index contributed by atoms with van der Waals surface area (Å²) in [5, 5.41) is 19.7. The Bertz CT molecular complexity index is 229. The first-order valence-corrected chi connectivity index (χ1v) is 5.94. The van der Waals surface area contributed by atoms with Crippen molar-refractivity contribution in [3.8, 4) is 0 Å². The molecule has 0 aromatic rings. The van der Waals surface area contributed by atoms with Gasteiger partial charge < -0.3 is 27.8 Å². The molecule has 0 saturated heterocycles. The second-order valence-corrected chi connectivity index (χ2v) is 4.03. The number of hydrogen-bond donors (Lipinski definition) is 7. The Kier molecular flexibility index (Phi) is 8.85. The van der Waals surface area contributed by atoms with Gasteiger partial charge in [0.1, 0.15) is 0 Å². The van der Waals surface area contributed by atoms with Gasteiger partial charge in [-0.25, -0.2) is 0 Å². The molecule has 0 spiro atoms. The maximum absolute atomic E-state index is 7.11. The first kappa shape index (κ1) is 15.5. The van der Waals surface area contributed by atoms with Gasteiger partial charge in [-0.15, -0.1) is 0 Å². The first-order valence-electron chi connectivity index (χ1n) is 5.94.